The van der Waals surface area contributed by atoms with Gasteiger partial charge in [-0.15, -0.1) is 0 Å². The maximum absolute atomic E-state index is 6.24. The standard InChI is InChI=1S/C25H20Cl2N8O2/c1-36-25(37-2,15-3-4-19-14(6-15)7-16(26)10-28-19)24-34-20-22(32-12-33-23(20)35-24)30-9-13-5-17-18(27)11-31-21(17)29-8-13/h3-8,10-12H,9H2,1-2H3,(H,29,31)(H2,30,32,33,34,35). The summed E-state index contributed by atoms with van der Waals surface area (Å²) < 4.78 is 11.8. The molecule has 12 heteroatoms. The summed E-state index contributed by atoms with van der Waals surface area (Å²) in [6.45, 7) is 0.461. The number of methoxy groups -OCH3 is 2. The first-order chi connectivity index (χ1) is 18.0. The molecule has 0 aliphatic carbocycles. The Morgan fingerprint density at radius 2 is 1.86 bits per heavy atom. The lowest BCUT2D eigenvalue weighted by Crippen LogP contribution is -2.33. The molecular weight excluding hydrogens is 515 g/mol. The molecule has 0 unspecified atom stereocenters. The van der Waals surface area contributed by atoms with Crippen LogP contribution in [-0.4, -0.2) is 49.1 Å². The summed E-state index contributed by atoms with van der Waals surface area (Å²) in [6, 6.07) is 9.48. The number of hydrogen-bond acceptors (Lipinski definition) is 8. The van der Waals surface area contributed by atoms with Crippen LogP contribution in [0.3, 0.4) is 0 Å². The number of fused-ring (bicyclic) bond motifs is 3. The average Bonchev–Trinajstić information content (AvgIpc) is 3.52. The molecule has 1 aromatic carbocycles. The summed E-state index contributed by atoms with van der Waals surface area (Å²) in [5, 5.41) is 6.18. The van der Waals surface area contributed by atoms with E-state index in [9.17, 15) is 0 Å². The molecule has 0 radical (unpaired) electrons. The van der Waals surface area contributed by atoms with Crippen molar-refractivity contribution >= 4 is 62.1 Å². The predicted molar refractivity (Wildman–Crippen MR) is 142 cm³/mol. The van der Waals surface area contributed by atoms with Gasteiger partial charge in [-0.1, -0.05) is 29.3 Å². The van der Waals surface area contributed by atoms with E-state index in [2.05, 4.69) is 40.2 Å². The van der Waals surface area contributed by atoms with Crippen LogP contribution in [0.4, 0.5) is 5.82 Å². The summed E-state index contributed by atoms with van der Waals surface area (Å²) in [5.74, 6) is -0.360. The zero-order valence-corrected chi connectivity index (χ0v) is 21.2. The molecule has 0 saturated carbocycles. The summed E-state index contributed by atoms with van der Waals surface area (Å²) in [5.41, 5.74) is 4.24. The van der Waals surface area contributed by atoms with Crippen molar-refractivity contribution in [3.63, 3.8) is 0 Å². The van der Waals surface area contributed by atoms with Gasteiger partial charge in [-0.25, -0.2) is 19.9 Å². The third kappa shape index (κ3) is 4.04. The second-order valence-electron chi connectivity index (χ2n) is 8.32. The van der Waals surface area contributed by atoms with Gasteiger partial charge >= 0.3 is 0 Å². The number of ether oxygens (including phenoxy) is 2. The van der Waals surface area contributed by atoms with Gasteiger partial charge in [0.1, 0.15) is 17.5 Å². The molecule has 186 valence electrons. The molecule has 3 N–H and O–H groups in total. The minimum absolute atomic E-state index is 0.410. The van der Waals surface area contributed by atoms with E-state index < -0.39 is 5.79 Å². The summed E-state index contributed by atoms with van der Waals surface area (Å²) in [6.07, 6.45) is 6.55. The van der Waals surface area contributed by atoms with Crippen molar-refractivity contribution in [3.05, 3.63) is 82.2 Å². The van der Waals surface area contributed by atoms with Gasteiger partial charge in [-0.3, -0.25) is 4.98 Å². The zero-order chi connectivity index (χ0) is 25.6. The second-order valence-corrected chi connectivity index (χ2v) is 9.17. The fourth-order valence-electron chi connectivity index (χ4n) is 4.37. The van der Waals surface area contributed by atoms with Gasteiger partial charge in [0.2, 0.25) is 0 Å². The second kappa shape index (κ2) is 9.24. The Hall–Kier alpha value is -3.83. The number of halogens is 2. The molecule has 0 aliphatic heterocycles. The van der Waals surface area contributed by atoms with Crippen LogP contribution in [0.25, 0.3) is 33.1 Å². The van der Waals surface area contributed by atoms with Gasteiger partial charge in [0.15, 0.2) is 17.3 Å². The Kier molecular flexibility index (Phi) is 5.88. The Morgan fingerprint density at radius 3 is 2.70 bits per heavy atom. The Labute approximate surface area is 220 Å². The first-order valence-corrected chi connectivity index (χ1v) is 12.0. The van der Waals surface area contributed by atoms with Gasteiger partial charge < -0.3 is 24.8 Å². The van der Waals surface area contributed by atoms with E-state index in [4.69, 9.17) is 32.7 Å². The van der Waals surface area contributed by atoms with Crippen LogP contribution in [0.15, 0.2) is 55.2 Å². The van der Waals surface area contributed by atoms with Gasteiger partial charge in [0.25, 0.3) is 5.79 Å². The minimum atomic E-state index is -1.34. The van der Waals surface area contributed by atoms with Crippen molar-refractivity contribution in [1.82, 2.24) is 34.9 Å². The number of imidazole rings is 1. The molecule has 0 fully saturated rings. The largest absolute Gasteiger partial charge is 0.364 e. The van der Waals surface area contributed by atoms with Crippen LogP contribution >= 0.6 is 23.2 Å². The van der Waals surface area contributed by atoms with Gasteiger partial charge in [0, 0.05) is 55.7 Å². The lowest BCUT2D eigenvalue weighted by Gasteiger charge is -2.29. The van der Waals surface area contributed by atoms with E-state index in [0.717, 1.165) is 27.5 Å². The third-order valence-electron chi connectivity index (χ3n) is 6.20. The molecule has 0 aliphatic rings. The quantitative estimate of drug-likeness (QED) is 0.239. The normalized spacial score (nSPS) is 12.1. The molecule has 6 aromatic rings. The first kappa shape index (κ1) is 23.6. The number of nitrogens with one attached hydrogen (secondary N) is 3. The molecule has 37 heavy (non-hydrogen) atoms. The van der Waals surface area contributed by atoms with Crippen molar-refractivity contribution in [2.24, 2.45) is 0 Å². The molecule has 0 spiro atoms. The van der Waals surface area contributed by atoms with Crippen LogP contribution in [0, 0.1) is 0 Å². The maximum Gasteiger partial charge on any atom is 0.255 e. The molecule has 10 nitrogen and oxygen atoms in total. The highest BCUT2D eigenvalue weighted by Gasteiger charge is 2.39. The molecule has 0 atom stereocenters. The van der Waals surface area contributed by atoms with E-state index >= 15 is 0 Å². The molecule has 6 rings (SSSR count). The van der Waals surface area contributed by atoms with Gasteiger partial charge in [-0.05, 0) is 29.8 Å². The molecule has 5 aromatic heterocycles. The number of H-pyrrole nitrogens is 2. The number of pyridine rings is 2. The first-order valence-electron chi connectivity index (χ1n) is 11.2. The van der Waals surface area contributed by atoms with Crippen molar-refractivity contribution in [1.29, 1.82) is 0 Å². The number of rotatable bonds is 7. The monoisotopic (exact) mass is 534 g/mol. The Balaban J connectivity index is 1.37. The number of benzene rings is 1. The van der Waals surface area contributed by atoms with Crippen LogP contribution in [0.5, 0.6) is 0 Å². The van der Waals surface area contributed by atoms with E-state index in [-0.39, 0.29) is 0 Å². The summed E-state index contributed by atoms with van der Waals surface area (Å²) in [7, 11) is 3.11. The Morgan fingerprint density at radius 1 is 1.00 bits per heavy atom. The molecule has 0 saturated heterocycles. The zero-order valence-electron chi connectivity index (χ0n) is 19.7. The van der Waals surface area contributed by atoms with E-state index in [1.165, 1.54) is 6.33 Å². The maximum atomic E-state index is 6.24. The lowest BCUT2D eigenvalue weighted by atomic mass is 10.0. The van der Waals surface area contributed by atoms with Crippen molar-refractivity contribution in [2.75, 3.05) is 19.5 Å². The highest BCUT2D eigenvalue weighted by molar-refractivity contribution is 6.35. The van der Waals surface area contributed by atoms with Gasteiger partial charge in [0.05, 0.1) is 15.6 Å². The van der Waals surface area contributed by atoms with Crippen LogP contribution < -0.4 is 5.32 Å². The summed E-state index contributed by atoms with van der Waals surface area (Å²) in [4.78, 5) is 28.6. The summed E-state index contributed by atoms with van der Waals surface area (Å²) >= 11 is 12.4. The Bertz CT molecular complexity index is 1760. The average molecular weight is 535 g/mol. The topological polar surface area (TPSA) is 127 Å². The third-order valence-corrected chi connectivity index (χ3v) is 6.72. The number of anilines is 1. The fourth-order valence-corrected chi connectivity index (χ4v) is 4.74. The lowest BCUT2D eigenvalue weighted by molar-refractivity contribution is -0.188. The van der Waals surface area contributed by atoms with Crippen molar-refractivity contribution in [3.8, 4) is 0 Å². The van der Waals surface area contributed by atoms with E-state index in [0.29, 0.717) is 45.0 Å². The number of aromatic amines is 2. The number of aromatic nitrogens is 7. The van der Waals surface area contributed by atoms with E-state index in [1.807, 2.05) is 30.3 Å². The van der Waals surface area contributed by atoms with Crippen molar-refractivity contribution < 1.29 is 9.47 Å². The molecule has 5 heterocycles. The van der Waals surface area contributed by atoms with E-state index in [1.54, 1.807) is 32.8 Å². The van der Waals surface area contributed by atoms with Crippen LogP contribution in [0.2, 0.25) is 10.0 Å². The highest BCUT2D eigenvalue weighted by Crippen LogP contribution is 2.35. The van der Waals surface area contributed by atoms with Crippen LogP contribution in [0.1, 0.15) is 17.0 Å². The smallest absolute Gasteiger partial charge is 0.255 e. The minimum Gasteiger partial charge on any atom is -0.364 e. The fraction of sp³-hybridized carbons (Fsp3) is 0.160. The molecular formula is C25H20Cl2N8O2. The highest BCUT2D eigenvalue weighted by atomic mass is 35.5. The SMILES string of the molecule is COC(OC)(c1ccc2ncc(Cl)cc2c1)c1nc2ncnc(NCc3cnc4[nH]cc(Cl)c4c3)c2[nH]1. The number of nitrogens with zero attached hydrogens (tertiary/aromatic N) is 5. The molecule has 0 bridgehead atoms. The number of hydrogen-bond donors (Lipinski definition) is 3. The van der Waals surface area contributed by atoms with Crippen LogP contribution in [-0.2, 0) is 21.8 Å². The molecule has 0 amide bonds. The predicted octanol–water partition coefficient (Wildman–Crippen LogP) is 5.19. The van der Waals surface area contributed by atoms with Crippen molar-refractivity contribution in [2.45, 2.75) is 12.3 Å². The van der Waals surface area contributed by atoms with Gasteiger partial charge in [-0.2, -0.15) is 0 Å².